The highest BCUT2D eigenvalue weighted by atomic mass is 32.1. The molecule has 0 spiro atoms. The quantitative estimate of drug-likeness (QED) is 0.693. The summed E-state index contributed by atoms with van der Waals surface area (Å²) in [6.45, 7) is 2.14. The van der Waals surface area contributed by atoms with Crippen LogP contribution in [0.1, 0.15) is 9.75 Å². The molecule has 0 amide bonds. The second kappa shape index (κ2) is 4.31. The second-order valence-corrected chi connectivity index (χ2v) is 4.44. The number of nitrogens with zero attached hydrogens (tertiary/aromatic N) is 1. The molecule has 1 nitrogen and oxygen atoms in total. The van der Waals surface area contributed by atoms with Gasteiger partial charge in [-0.25, -0.2) is 0 Å². The Morgan fingerprint density at radius 3 is 2.67 bits per heavy atom. The molecule has 66 valence electrons. The summed E-state index contributed by atoms with van der Waals surface area (Å²) in [5.41, 5.74) is 0. The van der Waals surface area contributed by atoms with Gasteiger partial charge in [0.25, 0.3) is 0 Å². The van der Waals surface area contributed by atoms with Gasteiger partial charge >= 0.3 is 0 Å². The third-order valence-corrected chi connectivity index (χ3v) is 2.54. The lowest BCUT2D eigenvalue weighted by Crippen LogP contribution is -1.99. The summed E-state index contributed by atoms with van der Waals surface area (Å²) in [6, 6.07) is 4.36. The summed E-state index contributed by atoms with van der Waals surface area (Å²) < 4.78 is 0. The molecule has 0 fully saturated rings. The summed E-state index contributed by atoms with van der Waals surface area (Å²) in [7, 11) is 4.08. The summed E-state index contributed by atoms with van der Waals surface area (Å²) in [5.74, 6) is 0. The minimum atomic E-state index is 1.05. The fourth-order valence-corrected chi connectivity index (χ4v) is 1.84. The van der Waals surface area contributed by atoms with Crippen LogP contribution in [0, 0.1) is 6.92 Å². The van der Waals surface area contributed by atoms with Crippen LogP contribution < -0.4 is 0 Å². The van der Waals surface area contributed by atoms with Crippen molar-refractivity contribution in [2.45, 2.75) is 13.3 Å². The lowest BCUT2D eigenvalue weighted by Gasteiger charge is -2.01. The van der Waals surface area contributed by atoms with Gasteiger partial charge in [-0.15, -0.1) is 11.3 Å². The topological polar surface area (TPSA) is 3.24 Å². The number of rotatable bonds is 3. The predicted octanol–water partition coefficient (Wildman–Crippen LogP) is 2.67. The van der Waals surface area contributed by atoms with Gasteiger partial charge in [0.1, 0.15) is 0 Å². The maximum absolute atomic E-state index is 2.19. The van der Waals surface area contributed by atoms with E-state index in [1.165, 1.54) is 9.75 Å². The molecular weight excluding hydrogens is 166 g/mol. The van der Waals surface area contributed by atoms with Crippen LogP contribution >= 0.6 is 11.3 Å². The summed E-state index contributed by atoms with van der Waals surface area (Å²) in [5, 5.41) is 0. The summed E-state index contributed by atoms with van der Waals surface area (Å²) >= 11 is 1.87. The van der Waals surface area contributed by atoms with Crippen LogP contribution in [0.15, 0.2) is 24.4 Å². The molecule has 2 heteroatoms. The molecule has 0 aliphatic carbocycles. The van der Waals surface area contributed by atoms with Crippen molar-refractivity contribution in [1.29, 1.82) is 0 Å². The Morgan fingerprint density at radius 1 is 1.42 bits per heavy atom. The lowest BCUT2D eigenvalue weighted by molar-refractivity contribution is 0.562. The number of hydrogen-bond donors (Lipinski definition) is 0. The average molecular weight is 181 g/mol. The number of thiophene rings is 1. The highest BCUT2D eigenvalue weighted by Gasteiger charge is 1.92. The van der Waals surface area contributed by atoms with Crippen molar-refractivity contribution < 1.29 is 0 Å². The highest BCUT2D eigenvalue weighted by Crippen LogP contribution is 2.15. The first-order chi connectivity index (χ1) is 5.68. The molecule has 1 rings (SSSR count). The summed E-state index contributed by atoms with van der Waals surface area (Å²) in [4.78, 5) is 4.88. The normalized spacial score (nSPS) is 10.9. The van der Waals surface area contributed by atoms with E-state index >= 15 is 0 Å². The van der Waals surface area contributed by atoms with Crippen LogP contribution in [0.3, 0.4) is 0 Å². The third-order valence-electron chi connectivity index (χ3n) is 1.52. The third kappa shape index (κ3) is 3.09. The maximum Gasteiger partial charge on any atom is 0.00863 e. The van der Waals surface area contributed by atoms with Crippen LogP contribution in [-0.2, 0) is 6.42 Å². The molecule has 0 saturated carbocycles. The van der Waals surface area contributed by atoms with Crippen molar-refractivity contribution in [3.05, 3.63) is 34.2 Å². The van der Waals surface area contributed by atoms with Crippen molar-refractivity contribution in [3.8, 4) is 0 Å². The van der Waals surface area contributed by atoms with E-state index in [0.717, 1.165) is 6.42 Å². The van der Waals surface area contributed by atoms with Gasteiger partial charge in [0, 0.05) is 30.3 Å². The Labute approximate surface area is 78.3 Å². The lowest BCUT2D eigenvalue weighted by atomic mass is 10.3. The van der Waals surface area contributed by atoms with E-state index < -0.39 is 0 Å². The fraction of sp³-hybridized carbons (Fsp3) is 0.400. The molecule has 0 saturated heterocycles. The van der Waals surface area contributed by atoms with Gasteiger partial charge < -0.3 is 4.90 Å². The summed E-state index contributed by atoms with van der Waals surface area (Å²) in [6.07, 6.45) is 5.33. The molecule has 1 aromatic rings. The fourth-order valence-electron chi connectivity index (χ4n) is 0.975. The van der Waals surface area contributed by atoms with Crippen molar-refractivity contribution in [1.82, 2.24) is 4.90 Å². The van der Waals surface area contributed by atoms with Gasteiger partial charge in [0.2, 0.25) is 0 Å². The SMILES string of the molecule is Cc1ccc(C/C=C/N(C)C)s1. The molecule has 0 aromatic carbocycles. The van der Waals surface area contributed by atoms with Crippen LogP contribution in [0.4, 0.5) is 0 Å². The van der Waals surface area contributed by atoms with Crippen molar-refractivity contribution in [2.75, 3.05) is 14.1 Å². The van der Waals surface area contributed by atoms with E-state index in [0.29, 0.717) is 0 Å². The molecule has 0 aliphatic rings. The van der Waals surface area contributed by atoms with Crippen molar-refractivity contribution >= 4 is 11.3 Å². The minimum absolute atomic E-state index is 1.05. The number of aryl methyl sites for hydroxylation is 1. The Bertz CT molecular complexity index is 261. The van der Waals surface area contributed by atoms with Gasteiger partial charge in [0.05, 0.1) is 0 Å². The largest absolute Gasteiger partial charge is 0.384 e. The molecule has 0 N–H and O–H groups in total. The Hall–Kier alpha value is -0.760. The maximum atomic E-state index is 2.19. The Morgan fingerprint density at radius 2 is 2.17 bits per heavy atom. The van der Waals surface area contributed by atoms with E-state index in [-0.39, 0.29) is 0 Å². The zero-order chi connectivity index (χ0) is 8.97. The van der Waals surface area contributed by atoms with Gasteiger partial charge in [0.15, 0.2) is 0 Å². The molecule has 0 unspecified atom stereocenters. The van der Waals surface area contributed by atoms with Crippen molar-refractivity contribution in [3.63, 3.8) is 0 Å². The van der Waals surface area contributed by atoms with Crippen LogP contribution in [-0.4, -0.2) is 19.0 Å². The monoisotopic (exact) mass is 181 g/mol. The first kappa shape index (κ1) is 9.33. The van der Waals surface area contributed by atoms with E-state index in [1.54, 1.807) is 0 Å². The first-order valence-electron chi connectivity index (χ1n) is 4.07. The first-order valence-corrected chi connectivity index (χ1v) is 4.88. The number of hydrogen-bond acceptors (Lipinski definition) is 2. The van der Waals surface area contributed by atoms with Gasteiger partial charge in [-0.05, 0) is 25.3 Å². The second-order valence-electron chi connectivity index (χ2n) is 3.06. The predicted molar refractivity (Wildman–Crippen MR) is 55.6 cm³/mol. The van der Waals surface area contributed by atoms with Gasteiger partial charge in [-0.3, -0.25) is 0 Å². The van der Waals surface area contributed by atoms with Gasteiger partial charge in [-0.1, -0.05) is 6.08 Å². The van der Waals surface area contributed by atoms with E-state index in [4.69, 9.17) is 0 Å². The molecule has 1 aromatic heterocycles. The van der Waals surface area contributed by atoms with Gasteiger partial charge in [-0.2, -0.15) is 0 Å². The molecule has 0 atom stereocenters. The highest BCUT2D eigenvalue weighted by molar-refractivity contribution is 7.11. The molecule has 12 heavy (non-hydrogen) atoms. The van der Waals surface area contributed by atoms with Crippen LogP contribution in [0.2, 0.25) is 0 Å². The minimum Gasteiger partial charge on any atom is -0.384 e. The van der Waals surface area contributed by atoms with Crippen LogP contribution in [0.25, 0.3) is 0 Å². The molecule has 0 bridgehead atoms. The molecule has 0 aliphatic heterocycles. The van der Waals surface area contributed by atoms with Crippen LogP contribution in [0.5, 0.6) is 0 Å². The van der Waals surface area contributed by atoms with E-state index in [2.05, 4.69) is 36.2 Å². The van der Waals surface area contributed by atoms with Crippen molar-refractivity contribution in [2.24, 2.45) is 0 Å². The molecule has 1 heterocycles. The van der Waals surface area contributed by atoms with E-state index in [1.807, 2.05) is 25.4 Å². The molecular formula is C10H15NS. The standard InChI is InChI=1S/C10H15NS/c1-9-6-7-10(12-9)5-4-8-11(2)3/h4,6-8H,5H2,1-3H3/b8-4+. The Balaban J connectivity index is 2.43. The zero-order valence-electron chi connectivity index (χ0n) is 7.87. The van der Waals surface area contributed by atoms with E-state index in [9.17, 15) is 0 Å². The molecule has 0 radical (unpaired) electrons. The zero-order valence-corrected chi connectivity index (χ0v) is 8.69. The number of allylic oxidation sites excluding steroid dienone is 1. The average Bonchev–Trinajstić information content (AvgIpc) is 2.35. The smallest absolute Gasteiger partial charge is 0.00863 e. The Kier molecular flexibility index (Phi) is 3.35.